The molecule has 2 aliphatic rings. The van der Waals surface area contributed by atoms with Crippen LogP contribution in [-0.4, -0.2) is 38.2 Å². The lowest BCUT2D eigenvalue weighted by Gasteiger charge is -2.36. The minimum absolute atomic E-state index is 0. The van der Waals surface area contributed by atoms with Gasteiger partial charge in [0.05, 0.1) is 5.69 Å². The van der Waals surface area contributed by atoms with E-state index < -0.39 is 6.61 Å². The van der Waals surface area contributed by atoms with E-state index >= 15 is 0 Å². The van der Waals surface area contributed by atoms with Crippen LogP contribution in [0, 0.1) is 5.41 Å². The van der Waals surface area contributed by atoms with Gasteiger partial charge in [0.15, 0.2) is 0 Å². The molecule has 1 aliphatic heterocycles. The minimum atomic E-state index is -2.85. The summed E-state index contributed by atoms with van der Waals surface area (Å²) in [6.07, 6.45) is 6.81. The van der Waals surface area contributed by atoms with Crippen molar-refractivity contribution in [3.05, 3.63) is 24.3 Å². The number of nitrogens with two attached hydrogens (primary N) is 1. The Morgan fingerprint density at radius 2 is 1.93 bits per heavy atom. The number of benzene rings is 1. The van der Waals surface area contributed by atoms with Crippen molar-refractivity contribution in [3.63, 3.8) is 0 Å². The Labute approximate surface area is 183 Å². The van der Waals surface area contributed by atoms with E-state index in [9.17, 15) is 13.6 Å². The summed E-state index contributed by atoms with van der Waals surface area (Å²) in [5.74, 6) is 0.218. The fourth-order valence-corrected chi connectivity index (χ4v) is 4.39. The predicted molar refractivity (Wildman–Crippen MR) is 116 cm³/mol. The molecule has 0 aromatic heterocycles. The van der Waals surface area contributed by atoms with E-state index in [1.54, 1.807) is 24.3 Å². The van der Waals surface area contributed by atoms with Crippen LogP contribution in [0.2, 0.25) is 0 Å². The van der Waals surface area contributed by atoms with Crippen LogP contribution in [0.4, 0.5) is 14.5 Å². The lowest BCUT2D eigenvalue weighted by atomic mass is 9.71. The number of hydrogen-bond acceptors (Lipinski definition) is 4. The van der Waals surface area contributed by atoms with Gasteiger partial charge in [-0.2, -0.15) is 8.78 Å². The van der Waals surface area contributed by atoms with Crippen molar-refractivity contribution in [2.45, 2.75) is 57.6 Å². The number of nitrogens with zero attached hydrogens (tertiary/aromatic N) is 1. The van der Waals surface area contributed by atoms with Gasteiger partial charge in [0.1, 0.15) is 5.75 Å². The zero-order valence-corrected chi connectivity index (χ0v) is 18.1. The number of rotatable bonds is 7. The van der Waals surface area contributed by atoms with Crippen molar-refractivity contribution < 1.29 is 18.3 Å². The van der Waals surface area contributed by atoms with E-state index in [1.165, 1.54) is 6.42 Å². The van der Waals surface area contributed by atoms with Gasteiger partial charge in [0.25, 0.3) is 0 Å². The fourth-order valence-electron chi connectivity index (χ4n) is 4.39. The van der Waals surface area contributed by atoms with Gasteiger partial charge in [0.2, 0.25) is 5.91 Å². The first-order chi connectivity index (χ1) is 13.0. The van der Waals surface area contributed by atoms with Gasteiger partial charge >= 0.3 is 6.61 Å². The molecule has 1 aromatic carbocycles. The molecule has 1 saturated heterocycles. The number of ether oxygens (including phenoxy) is 1. The Kier molecular flexibility index (Phi) is 10.4. The molecule has 1 saturated carbocycles. The zero-order chi connectivity index (χ0) is 19.3. The molecule has 5 nitrogen and oxygen atoms in total. The second-order valence-electron chi connectivity index (χ2n) is 7.79. The minimum Gasteiger partial charge on any atom is -0.433 e. The van der Waals surface area contributed by atoms with Crippen LogP contribution in [0.15, 0.2) is 24.3 Å². The lowest BCUT2D eigenvalue weighted by Crippen LogP contribution is -2.42. The summed E-state index contributed by atoms with van der Waals surface area (Å²) < 4.78 is 29.9. The third-order valence-electron chi connectivity index (χ3n) is 5.86. The number of hydrogen-bond donors (Lipinski definition) is 2. The van der Waals surface area contributed by atoms with E-state index in [-0.39, 0.29) is 47.9 Å². The van der Waals surface area contributed by atoms with Gasteiger partial charge in [-0.1, -0.05) is 31.4 Å². The van der Waals surface area contributed by atoms with E-state index in [0.29, 0.717) is 31.7 Å². The second kappa shape index (κ2) is 11.8. The summed E-state index contributed by atoms with van der Waals surface area (Å²) in [6.45, 7) is -1.02. The predicted octanol–water partition coefficient (Wildman–Crippen LogP) is 4.13. The highest BCUT2D eigenvalue weighted by Gasteiger charge is 2.34. The number of carbonyl (C=O) groups excluding carboxylic acids is 1. The molecule has 3 N–H and O–H groups in total. The number of amides is 1. The highest BCUT2D eigenvalue weighted by Crippen LogP contribution is 2.38. The number of halogens is 4. The number of alkyl halides is 2. The molecule has 0 spiro atoms. The molecule has 0 bridgehead atoms. The normalized spacial score (nSPS) is 20.6. The molecule has 166 valence electrons. The molecule has 9 heteroatoms. The van der Waals surface area contributed by atoms with Crippen LogP contribution in [0.3, 0.4) is 0 Å². The Morgan fingerprint density at radius 1 is 1.24 bits per heavy atom. The van der Waals surface area contributed by atoms with Gasteiger partial charge in [0, 0.05) is 25.6 Å². The molecule has 2 fully saturated rings. The number of carbonyl (C=O) groups is 1. The maximum absolute atomic E-state index is 12.6. The van der Waals surface area contributed by atoms with Crippen LogP contribution in [0.25, 0.3) is 0 Å². The van der Waals surface area contributed by atoms with Crippen molar-refractivity contribution in [2.24, 2.45) is 11.1 Å². The van der Waals surface area contributed by atoms with Crippen LogP contribution in [0.1, 0.15) is 44.9 Å². The Morgan fingerprint density at radius 3 is 2.59 bits per heavy atom. The molecular weight excluding hydrogens is 423 g/mol. The summed E-state index contributed by atoms with van der Waals surface area (Å²) in [6, 6.07) is 6.80. The van der Waals surface area contributed by atoms with Crippen LogP contribution >= 0.6 is 24.8 Å². The molecule has 1 unspecified atom stereocenters. The third kappa shape index (κ3) is 6.86. The number of para-hydroxylation sites is 2. The highest BCUT2D eigenvalue weighted by atomic mass is 35.5. The van der Waals surface area contributed by atoms with E-state index in [0.717, 1.165) is 32.1 Å². The standard InChI is InChI=1S/C20H29F2N3O2.2ClH/c21-19(22)27-17-7-3-2-6-16(17)25-11-8-15(13-25)24-18(26)12-20(14-23)9-4-1-5-10-20;;/h2-3,6-7,15,19H,1,4-5,8-14,23H2,(H,24,26);2*1H. The van der Waals surface area contributed by atoms with Crippen molar-refractivity contribution in [3.8, 4) is 5.75 Å². The van der Waals surface area contributed by atoms with Crippen molar-refractivity contribution in [1.29, 1.82) is 0 Å². The van der Waals surface area contributed by atoms with Gasteiger partial charge in [-0.05, 0) is 43.4 Å². The van der Waals surface area contributed by atoms with Crippen molar-refractivity contribution in [1.82, 2.24) is 5.32 Å². The molecule has 1 aliphatic carbocycles. The maximum atomic E-state index is 12.6. The van der Waals surface area contributed by atoms with Crippen LogP contribution < -0.4 is 20.7 Å². The van der Waals surface area contributed by atoms with Crippen molar-refractivity contribution >= 4 is 36.4 Å². The molecule has 0 radical (unpaired) electrons. The Bertz CT molecular complexity index is 646. The topological polar surface area (TPSA) is 67.6 Å². The zero-order valence-electron chi connectivity index (χ0n) is 16.4. The van der Waals surface area contributed by atoms with Gasteiger partial charge in [-0.3, -0.25) is 4.79 Å². The average Bonchev–Trinajstić information content (AvgIpc) is 3.10. The second-order valence-corrected chi connectivity index (χ2v) is 7.79. The first-order valence-corrected chi connectivity index (χ1v) is 9.79. The molecule has 1 heterocycles. The fraction of sp³-hybridized carbons (Fsp3) is 0.650. The van der Waals surface area contributed by atoms with Crippen molar-refractivity contribution in [2.75, 3.05) is 24.5 Å². The van der Waals surface area contributed by atoms with E-state index in [2.05, 4.69) is 10.1 Å². The maximum Gasteiger partial charge on any atom is 0.387 e. The summed E-state index contributed by atoms with van der Waals surface area (Å²) in [5, 5.41) is 3.12. The van der Waals surface area contributed by atoms with Gasteiger partial charge in [-0.25, -0.2) is 0 Å². The summed E-state index contributed by atoms with van der Waals surface area (Å²) in [5.41, 5.74) is 6.57. The smallest absolute Gasteiger partial charge is 0.387 e. The first kappa shape index (κ1) is 25.7. The van der Waals surface area contributed by atoms with Crippen LogP contribution in [0.5, 0.6) is 5.75 Å². The quantitative estimate of drug-likeness (QED) is 0.651. The first-order valence-electron chi connectivity index (χ1n) is 9.79. The third-order valence-corrected chi connectivity index (χ3v) is 5.86. The number of anilines is 1. The molecule has 3 rings (SSSR count). The lowest BCUT2D eigenvalue weighted by molar-refractivity contribution is -0.124. The molecule has 1 amide bonds. The number of nitrogens with one attached hydrogen (secondary N) is 1. The summed E-state index contributed by atoms with van der Waals surface area (Å²) in [7, 11) is 0. The van der Waals surface area contributed by atoms with Gasteiger partial charge in [-0.15, -0.1) is 24.8 Å². The van der Waals surface area contributed by atoms with E-state index in [4.69, 9.17) is 5.73 Å². The molecular formula is C20H31Cl2F2N3O2. The summed E-state index contributed by atoms with van der Waals surface area (Å²) >= 11 is 0. The van der Waals surface area contributed by atoms with Gasteiger partial charge < -0.3 is 20.7 Å². The Balaban J connectivity index is 0.00000210. The van der Waals surface area contributed by atoms with E-state index in [1.807, 2.05) is 4.90 Å². The highest BCUT2D eigenvalue weighted by molar-refractivity contribution is 5.85. The monoisotopic (exact) mass is 453 g/mol. The van der Waals surface area contributed by atoms with Crippen LogP contribution in [-0.2, 0) is 4.79 Å². The largest absolute Gasteiger partial charge is 0.433 e. The molecule has 1 atom stereocenters. The Hall–Kier alpha value is -1.31. The average molecular weight is 454 g/mol. The summed E-state index contributed by atoms with van der Waals surface area (Å²) in [4.78, 5) is 14.6. The molecule has 1 aromatic rings. The molecule has 29 heavy (non-hydrogen) atoms. The SMILES string of the molecule is Cl.Cl.NCC1(CC(=O)NC2CCN(c3ccccc3OC(F)F)C2)CCCCC1.